The number of aryl methyl sites for hydroxylation is 1. The molecule has 2 aromatic rings. The van der Waals surface area contributed by atoms with E-state index in [0.717, 1.165) is 11.1 Å². The number of ketones is 3. The molecule has 3 amide bonds. The molecule has 0 radical (unpaired) electrons. The van der Waals surface area contributed by atoms with Gasteiger partial charge in [0, 0.05) is 51.2 Å². The van der Waals surface area contributed by atoms with Crippen molar-refractivity contribution < 1.29 is 47.8 Å². The van der Waals surface area contributed by atoms with Crippen molar-refractivity contribution in [3.8, 4) is 12.3 Å². The van der Waals surface area contributed by atoms with E-state index in [2.05, 4.69) is 11.2 Å². The van der Waals surface area contributed by atoms with E-state index in [1.807, 2.05) is 93.3 Å². The summed E-state index contributed by atoms with van der Waals surface area (Å²) in [6.07, 6.45) is 5.91. The Labute approximate surface area is 385 Å². The molecule has 0 spiro atoms. The number of carbonyl (C=O) groups excluding carboxylic acids is 7. The average Bonchev–Trinajstić information content (AvgIpc) is 4.04. The lowest BCUT2D eigenvalue weighted by molar-refractivity contribution is -0.161. The van der Waals surface area contributed by atoms with Gasteiger partial charge in [-0.3, -0.25) is 43.4 Å². The molecule has 4 rings (SSSR count). The fourth-order valence-electron chi connectivity index (χ4n) is 8.05. The van der Waals surface area contributed by atoms with Crippen molar-refractivity contribution in [2.45, 2.75) is 110 Å². The molecule has 2 aliphatic heterocycles. The topological polar surface area (TPSA) is 172 Å². The van der Waals surface area contributed by atoms with Gasteiger partial charge in [-0.05, 0) is 62.0 Å². The molecule has 2 fully saturated rings. The molecule has 1 N–H and O–H groups in total. The molecule has 14 nitrogen and oxygen atoms in total. The van der Waals surface area contributed by atoms with Gasteiger partial charge in [0.1, 0.15) is 11.4 Å². The second-order valence-corrected chi connectivity index (χ2v) is 18.5. The number of nitrogens with zero attached hydrogens (tertiary/aromatic N) is 3. The second kappa shape index (κ2) is 26.1. The summed E-state index contributed by atoms with van der Waals surface area (Å²) in [7, 11) is 1.53. The van der Waals surface area contributed by atoms with E-state index in [9.17, 15) is 24.0 Å². The third-order valence-electron chi connectivity index (χ3n) is 11.9. The molecule has 0 unspecified atom stereocenters. The van der Waals surface area contributed by atoms with Crippen LogP contribution in [0.15, 0.2) is 60.7 Å². The average molecular weight is 899 g/mol. The molecule has 0 saturated carbocycles. The van der Waals surface area contributed by atoms with Crippen molar-refractivity contribution >= 4 is 41.0 Å². The summed E-state index contributed by atoms with van der Waals surface area (Å²) >= 11 is 0. The van der Waals surface area contributed by atoms with Crippen LogP contribution in [-0.2, 0) is 60.6 Å². The van der Waals surface area contributed by atoms with Crippen LogP contribution in [0.2, 0.25) is 0 Å². The number of carbonyl (C=O) groups is 7. The molecular weight excluding hydrogens is 829 g/mol. The summed E-state index contributed by atoms with van der Waals surface area (Å²) < 4.78 is 16.7. The Morgan fingerprint density at radius 2 is 1.48 bits per heavy atom. The SMILES string of the molecule is C#CCN(C)C(=O)CCC(=O)OCN(C(=O)[C@H](CCc1ccccc1)CC(=O)CN1CCOCC1)[C@@H](CC(C)C)C(=O)C[C@@H](Cc1ccccc1)C(=O)N[C@@H](CC(C)C)C(=O)[C@@]1(C)CO1. The molecule has 0 bridgehead atoms. The van der Waals surface area contributed by atoms with E-state index >= 15 is 9.59 Å². The van der Waals surface area contributed by atoms with Crippen LogP contribution in [0.1, 0.15) is 90.7 Å². The number of rotatable bonds is 28. The first-order chi connectivity index (χ1) is 31.0. The highest BCUT2D eigenvalue weighted by molar-refractivity contribution is 5.98. The number of ether oxygens (including phenoxy) is 3. The van der Waals surface area contributed by atoms with E-state index < -0.39 is 59.8 Å². The Morgan fingerprint density at radius 1 is 0.862 bits per heavy atom. The van der Waals surface area contributed by atoms with Crippen molar-refractivity contribution in [1.29, 1.82) is 0 Å². The number of hydrogen-bond donors (Lipinski definition) is 1. The lowest BCUT2D eigenvalue weighted by atomic mass is 9.86. The fraction of sp³-hybridized carbons (Fsp3) is 0.588. The Morgan fingerprint density at radius 3 is 2.06 bits per heavy atom. The number of benzene rings is 2. The predicted octanol–water partition coefficient (Wildman–Crippen LogP) is 4.85. The zero-order valence-corrected chi connectivity index (χ0v) is 39.3. The van der Waals surface area contributed by atoms with Gasteiger partial charge in [-0.25, -0.2) is 0 Å². The molecule has 354 valence electrons. The van der Waals surface area contributed by atoms with Crippen molar-refractivity contribution in [3.05, 3.63) is 71.8 Å². The molecule has 65 heavy (non-hydrogen) atoms. The van der Waals surface area contributed by atoms with Crippen molar-refractivity contribution in [2.24, 2.45) is 23.7 Å². The van der Waals surface area contributed by atoms with Gasteiger partial charge in [-0.1, -0.05) is 94.3 Å². The minimum atomic E-state index is -1.16. The maximum atomic E-state index is 15.2. The standard InChI is InChI=1S/C51H70N4O10/c1-8-23-53(7)46(58)21-22-47(59)64-35-55(50(62)40(20-19-38-15-11-9-12-16-38)31-42(56)33-54-24-26-63-27-25-54)44(29-37(4)5)45(57)32-41(30-39-17-13-10-14-18-39)49(61)52-43(28-36(2)3)48(60)51(6)34-65-51/h1,9-18,36-37,40-41,43-44H,19-35H2,2-7H3,(H,52,61)/t40-,41-,43+,44+,51-/m1/s1. The van der Waals surface area contributed by atoms with Gasteiger partial charge in [-0.2, -0.15) is 0 Å². The normalized spacial score (nSPS) is 17.8. The number of terminal acetylenes is 1. The number of morpholine rings is 1. The van der Waals surface area contributed by atoms with Gasteiger partial charge in [-0.15, -0.1) is 6.42 Å². The van der Waals surface area contributed by atoms with Gasteiger partial charge in [0.2, 0.25) is 17.7 Å². The van der Waals surface area contributed by atoms with Gasteiger partial charge in [0.25, 0.3) is 0 Å². The first kappa shape index (κ1) is 52.4. The molecule has 0 aliphatic carbocycles. The van der Waals surface area contributed by atoms with Gasteiger partial charge < -0.3 is 24.4 Å². The number of nitrogens with one attached hydrogen (secondary N) is 1. The monoisotopic (exact) mass is 899 g/mol. The quantitative estimate of drug-likeness (QED) is 0.0536. The number of epoxide rings is 1. The zero-order chi connectivity index (χ0) is 47.5. The minimum absolute atomic E-state index is 0.0650. The first-order valence-electron chi connectivity index (χ1n) is 23.0. The summed E-state index contributed by atoms with van der Waals surface area (Å²) in [4.78, 5) is 103. The van der Waals surface area contributed by atoms with Crippen LogP contribution in [0.25, 0.3) is 0 Å². The van der Waals surface area contributed by atoms with Crippen LogP contribution in [0, 0.1) is 36.0 Å². The van der Waals surface area contributed by atoms with Gasteiger partial charge in [0.15, 0.2) is 18.3 Å². The first-order valence-corrected chi connectivity index (χ1v) is 23.0. The largest absolute Gasteiger partial charge is 0.444 e. The van der Waals surface area contributed by atoms with Crippen LogP contribution in [0.5, 0.6) is 0 Å². The van der Waals surface area contributed by atoms with E-state index in [4.69, 9.17) is 20.6 Å². The summed E-state index contributed by atoms with van der Waals surface area (Å²) in [6, 6.07) is 16.8. The second-order valence-electron chi connectivity index (χ2n) is 18.5. The Kier molecular flexibility index (Phi) is 21.0. The van der Waals surface area contributed by atoms with Crippen LogP contribution in [-0.4, -0.2) is 133 Å². The summed E-state index contributed by atoms with van der Waals surface area (Å²) in [6.45, 7) is 11.4. The molecule has 14 heteroatoms. The highest BCUT2D eigenvalue weighted by Crippen LogP contribution is 2.30. The summed E-state index contributed by atoms with van der Waals surface area (Å²) in [5.41, 5.74) is 0.780. The fourth-order valence-corrected chi connectivity index (χ4v) is 8.05. The highest BCUT2D eigenvalue weighted by Gasteiger charge is 2.50. The van der Waals surface area contributed by atoms with E-state index in [1.165, 1.54) is 16.8 Å². The lowest BCUT2D eigenvalue weighted by Crippen LogP contribution is -2.52. The summed E-state index contributed by atoms with van der Waals surface area (Å²) in [5.74, 6) is -2.45. The molecule has 2 heterocycles. The molecule has 2 aliphatic rings. The third-order valence-corrected chi connectivity index (χ3v) is 11.9. The number of hydrogen-bond acceptors (Lipinski definition) is 11. The van der Waals surface area contributed by atoms with Crippen LogP contribution < -0.4 is 5.32 Å². The predicted molar refractivity (Wildman–Crippen MR) is 246 cm³/mol. The van der Waals surface area contributed by atoms with Crippen molar-refractivity contribution in [1.82, 2.24) is 20.0 Å². The molecule has 2 aromatic carbocycles. The number of Topliss-reactive ketones (excluding diaryl/α,β-unsaturated/α-hetero) is 3. The zero-order valence-electron chi connectivity index (χ0n) is 39.3. The van der Waals surface area contributed by atoms with Crippen LogP contribution in [0.3, 0.4) is 0 Å². The van der Waals surface area contributed by atoms with Crippen molar-refractivity contribution in [2.75, 3.05) is 59.8 Å². The van der Waals surface area contributed by atoms with Crippen LogP contribution >= 0.6 is 0 Å². The third kappa shape index (κ3) is 17.6. The smallest absolute Gasteiger partial charge is 0.308 e. The minimum Gasteiger partial charge on any atom is -0.444 e. The van der Waals surface area contributed by atoms with Crippen LogP contribution in [0.4, 0.5) is 0 Å². The Hall–Kier alpha value is -5.23. The molecule has 2 saturated heterocycles. The van der Waals surface area contributed by atoms with E-state index in [1.54, 1.807) is 6.92 Å². The molecular formula is C51H70N4O10. The van der Waals surface area contributed by atoms with E-state index in [-0.39, 0.29) is 94.0 Å². The Bertz CT molecular complexity index is 1940. The maximum Gasteiger partial charge on any atom is 0.308 e. The highest BCUT2D eigenvalue weighted by atomic mass is 16.6. The van der Waals surface area contributed by atoms with E-state index in [0.29, 0.717) is 39.1 Å². The van der Waals surface area contributed by atoms with Gasteiger partial charge >= 0.3 is 5.97 Å². The molecule has 5 atom stereocenters. The number of esters is 1. The van der Waals surface area contributed by atoms with Crippen molar-refractivity contribution in [3.63, 3.8) is 0 Å². The van der Waals surface area contributed by atoms with Gasteiger partial charge in [0.05, 0.1) is 51.4 Å². The number of amides is 3. The maximum absolute atomic E-state index is 15.2. The lowest BCUT2D eigenvalue weighted by Gasteiger charge is -2.35. The summed E-state index contributed by atoms with van der Waals surface area (Å²) in [5, 5.41) is 2.97. The Balaban J connectivity index is 1.70. The molecule has 0 aromatic heterocycles.